The summed E-state index contributed by atoms with van der Waals surface area (Å²) in [6.07, 6.45) is -3.07. The molecular formula is C11H12FNO4. The molecule has 2 unspecified atom stereocenters. The van der Waals surface area contributed by atoms with Gasteiger partial charge in [0, 0.05) is 5.56 Å². The molecule has 0 aliphatic carbocycles. The molecule has 0 aliphatic heterocycles. The van der Waals surface area contributed by atoms with Gasteiger partial charge in [-0.15, -0.1) is 0 Å². The number of carbonyl (C=O) groups excluding carboxylic acids is 2. The SMILES string of the molecule is NC(=O)CC(O)C(O)c1cc(F)ccc1C=O. The maximum Gasteiger partial charge on any atom is 0.220 e. The van der Waals surface area contributed by atoms with Crippen LogP contribution < -0.4 is 5.73 Å². The molecule has 0 heterocycles. The van der Waals surface area contributed by atoms with E-state index < -0.39 is 30.4 Å². The van der Waals surface area contributed by atoms with Gasteiger partial charge in [0.25, 0.3) is 0 Å². The molecule has 0 aliphatic rings. The minimum atomic E-state index is -1.54. The van der Waals surface area contributed by atoms with Crippen LogP contribution in [0.2, 0.25) is 0 Å². The quantitative estimate of drug-likeness (QED) is 0.627. The second-order valence-corrected chi connectivity index (χ2v) is 3.57. The Labute approximate surface area is 96.7 Å². The number of carbonyl (C=O) groups is 2. The zero-order chi connectivity index (χ0) is 13.0. The largest absolute Gasteiger partial charge is 0.390 e. The van der Waals surface area contributed by atoms with Gasteiger partial charge in [-0.2, -0.15) is 0 Å². The lowest BCUT2D eigenvalue weighted by Crippen LogP contribution is -2.26. The van der Waals surface area contributed by atoms with Gasteiger partial charge in [-0.1, -0.05) is 0 Å². The van der Waals surface area contributed by atoms with Gasteiger partial charge in [0.05, 0.1) is 12.5 Å². The van der Waals surface area contributed by atoms with Crippen LogP contribution in [-0.2, 0) is 4.79 Å². The lowest BCUT2D eigenvalue weighted by molar-refractivity contribution is -0.121. The van der Waals surface area contributed by atoms with Crippen molar-refractivity contribution in [1.82, 2.24) is 0 Å². The molecule has 1 amide bonds. The molecular weight excluding hydrogens is 229 g/mol. The van der Waals surface area contributed by atoms with E-state index in [9.17, 15) is 24.2 Å². The number of hydrogen-bond acceptors (Lipinski definition) is 4. The van der Waals surface area contributed by atoms with Crippen LogP contribution >= 0.6 is 0 Å². The molecule has 1 aromatic rings. The van der Waals surface area contributed by atoms with Gasteiger partial charge in [-0.25, -0.2) is 4.39 Å². The number of aliphatic hydroxyl groups excluding tert-OH is 2. The van der Waals surface area contributed by atoms with Crippen LogP contribution in [0.25, 0.3) is 0 Å². The number of hydrogen-bond donors (Lipinski definition) is 3. The monoisotopic (exact) mass is 241 g/mol. The molecule has 17 heavy (non-hydrogen) atoms. The van der Waals surface area contributed by atoms with Crippen LogP contribution in [0.5, 0.6) is 0 Å². The zero-order valence-electron chi connectivity index (χ0n) is 8.84. The number of aliphatic hydroxyl groups is 2. The minimum absolute atomic E-state index is 0.0439. The molecule has 0 bridgehead atoms. The van der Waals surface area contributed by atoms with Crippen molar-refractivity contribution in [1.29, 1.82) is 0 Å². The van der Waals surface area contributed by atoms with E-state index in [1.165, 1.54) is 6.07 Å². The summed E-state index contributed by atoms with van der Waals surface area (Å²) in [6, 6.07) is 3.16. The second kappa shape index (κ2) is 5.51. The van der Waals surface area contributed by atoms with Gasteiger partial charge >= 0.3 is 0 Å². The Hall–Kier alpha value is -1.79. The van der Waals surface area contributed by atoms with E-state index in [-0.39, 0.29) is 11.1 Å². The van der Waals surface area contributed by atoms with E-state index >= 15 is 0 Å². The van der Waals surface area contributed by atoms with E-state index in [0.29, 0.717) is 6.29 Å². The third-order valence-electron chi connectivity index (χ3n) is 2.27. The summed E-state index contributed by atoms with van der Waals surface area (Å²) < 4.78 is 13.0. The molecule has 4 N–H and O–H groups in total. The second-order valence-electron chi connectivity index (χ2n) is 3.57. The predicted molar refractivity (Wildman–Crippen MR) is 56.6 cm³/mol. The van der Waals surface area contributed by atoms with Crippen molar-refractivity contribution in [3.63, 3.8) is 0 Å². The van der Waals surface area contributed by atoms with Crippen LogP contribution in [0, 0.1) is 5.82 Å². The topological polar surface area (TPSA) is 101 Å². The number of rotatable bonds is 5. The minimum Gasteiger partial charge on any atom is -0.390 e. The molecule has 0 saturated heterocycles. The lowest BCUT2D eigenvalue weighted by Gasteiger charge is -2.18. The van der Waals surface area contributed by atoms with Crippen molar-refractivity contribution in [2.75, 3.05) is 0 Å². The van der Waals surface area contributed by atoms with Gasteiger partial charge in [-0.3, -0.25) is 9.59 Å². The van der Waals surface area contributed by atoms with Crippen LogP contribution in [0.4, 0.5) is 4.39 Å². The maximum atomic E-state index is 13.0. The maximum absolute atomic E-state index is 13.0. The Bertz CT molecular complexity index is 435. The fraction of sp³-hybridized carbons (Fsp3) is 0.273. The first-order valence-corrected chi connectivity index (χ1v) is 4.84. The zero-order valence-corrected chi connectivity index (χ0v) is 8.84. The Balaban J connectivity index is 3.01. The van der Waals surface area contributed by atoms with Crippen molar-refractivity contribution < 1.29 is 24.2 Å². The molecule has 1 aromatic carbocycles. The summed E-state index contributed by atoms with van der Waals surface area (Å²) >= 11 is 0. The standard InChI is InChI=1S/C11H12FNO4/c12-7-2-1-6(5-14)8(3-7)11(17)9(15)4-10(13)16/h1-3,5,9,11,15,17H,4H2,(H2,13,16). The Kier molecular flexibility index (Phi) is 4.30. The highest BCUT2D eigenvalue weighted by molar-refractivity contribution is 5.78. The van der Waals surface area contributed by atoms with Crippen molar-refractivity contribution in [2.45, 2.75) is 18.6 Å². The van der Waals surface area contributed by atoms with Crippen molar-refractivity contribution in [3.05, 3.63) is 35.1 Å². The van der Waals surface area contributed by atoms with Gasteiger partial charge in [0.1, 0.15) is 18.2 Å². The molecule has 2 atom stereocenters. The summed E-state index contributed by atoms with van der Waals surface area (Å²) in [4.78, 5) is 21.3. The predicted octanol–water partition coefficient (Wildman–Crippen LogP) is -0.0921. The van der Waals surface area contributed by atoms with Crippen molar-refractivity contribution >= 4 is 12.2 Å². The first-order valence-electron chi connectivity index (χ1n) is 4.84. The average molecular weight is 241 g/mol. The van der Waals surface area contributed by atoms with Crippen molar-refractivity contribution in [3.8, 4) is 0 Å². The average Bonchev–Trinajstić information content (AvgIpc) is 2.27. The highest BCUT2D eigenvalue weighted by atomic mass is 19.1. The van der Waals surface area contributed by atoms with Crippen LogP contribution in [-0.4, -0.2) is 28.5 Å². The first kappa shape index (κ1) is 13.3. The molecule has 0 spiro atoms. The molecule has 0 radical (unpaired) electrons. The fourth-order valence-corrected chi connectivity index (χ4v) is 1.43. The van der Waals surface area contributed by atoms with Gasteiger partial charge in [0.2, 0.25) is 5.91 Å². The van der Waals surface area contributed by atoms with Crippen LogP contribution in [0.1, 0.15) is 28.4 Å². The Morgan fingerprint density at radius 2 is 2.12 bits per heavy atom. The number of nitrogens with two attached hydrogens (primary N) is 1. The number of halogens is 1. The van der Waals surface area contributed by atoms with Crippen LogP contribution in [0.3, 0.4) is 0 Å². The summed E-state index contributed by atoms with van der Waals surface area (Å²) in [5.41, 5.74) is 4.82. The van der Waals surface area contributed by atoms with Crippen molar-refractivity contribution in [2.24, 2.45) is 5.73 Å². The lowest BCUT2D eigenvalue weighted by atomic mass is 9.97. The highest BCUT2D eigenvalue weighted by Gasteiger charge is 2.23. The van der Waals surface area contributed by atoms with E-state index in [2.05, 4.69) is 0 Å². The molecule has 6 heteroatoms. The van der Waals surface area contributed by atoms with E-state index in [0.717, 1.165) is 12.1 Å². The molecule has 1 rings (SSSR count). The third-order valence-corrected chi connectivity index (χ3v) is 2.27. The molecule has 5 nitrogen and oxygen atoms in total. The van der Waals surface area contributed by atoms with Gasteiger partial charge in [0.15, 0.2) is 0 Å². The summed E-state index contributed by atoms with van der Waals surface area (Å²) in [7, 11) is 0. The summed E-state index contributed by atoms with van der Waals surface area (Å²) in [6.45, 7) is 0. The number of primary amides is 1. The molecule has 92 valence electrons. The fourth-order valence-electron chi connectivity index (χ4n) is 1.43. The number of amides is 1. The van der Waals surface area contributed by atoms with E-state index in [4.69, 9.17) is 5.73 Å². The summed E-state index contributed by atoms with van der Waals surface area (Å²) in [5, 5.41) is 19.2. The van der Waals surface area contributed by atoms with Crippen LogP contribution in [0.15, 0.2) is 18.2 Å². The summed E-state index contributed by atoms with van der Waals surface area (Å²) in [5.74, 6) is -1.46. The van der Waals surface area contributed by atoms with E-state index in [1.54, 1.807) is 0 Å². The molecule has 0 saturated carbocycles. The number of aldehydes is 1. The van der Waals surface area contributed by atoms with Gasteiger partial charge in [-0.05, 0) is 23.8 Å². The Morgan fingerprint density at radius 3 is 2.65 bits per heavy atom. The molecule has 0 fully saturated rings. The third kappa shape index (κ3) is 3.33. The van der Waals surface area contributed by atoms with Gasteiger partial charge < -0.3 is 15.9 Å². The molecule has 0 aromatic heterocycles. The first-order chi connectivity index (χ1) is 7.95. The smallest absolute Gasteiger partial charge is 0.220 e. The normalized spacial score (nSPS) is 14.1. The Morgan fingerprint density at radius 1 is 1.47 bits per heavy atom. The van der Waals surface area contributed by atoms with E-state index in [1.807, 2.05) is 0 Å². The number of benzene rings is 1. The highest BCUT2D eigenvalue weighted by Crippen LogP contribution is 2.22.